The molecule has 94 valence electrons. The van der Waals surface area contributed by atoms with E-state index in [2.05, 4.69) is 9.97 Å². The fourth-order valence-corrected chi connectivity index (χ4v) is 1.58. The molecule has 0 saturated carbocycles. The highest BCUT2D eigenvalue weighted by Crippen LogP contribution is 2.31. The number of rotatable bonds is 4. The third-order valence-electron chi connectivity index (χ3n) is 2.50. The van der Waals surface area contributed by atoms with Gasteiger partial charge in [0.1, 0.15) is 0 Å². The molecule has 2 rings (SSSR count). The molecule has 0 N–H and O–H groups in total. The van der Waals surface area contributed by atoms with Gasteiger partial charge in [0, 0.05) is 5.56 Å². The Balaban J connectivity index is 2.43. The summed E-state index contributed by atoms with van der Waals surface area (Å²) in [6.07, 6.45) is 3.23. The molecule has 18 heavy (non-hydrogen) atoms. The molecule has 0 fully saturated rings. The van der Waals surface area contributed by atoms with Crippen LogP contribution in [-0.4, -0.2) is 31.3 Å². The topological polar surface area (TPSA) is 53.5 Å². The SMILES string of the molecule is COc1cncc(-c2ccc(OC)c(OC)c2)n1. The molecule has 2 aromatic rings. The molecule has 5 nitrogen and oxygen atoms in total. The van der Waals surface area contributed by atoms with Crippen LogP contribution >= 0.6 is 0 Å². The highest BCUT2D eigenvalue weighted by atomic mass is 16.5. The lowest BCUT2D eigenvalue weighted by molar-refractivity contribution is 0.355. The molecule has 0 aliphatic carbocycles. The zero-order valence-corrected chi connectivity index (χ0v) is 10.5. The van der Waals surface area contributed by atoms with Crippen molar-refractivity contribution in [2.45, 2.75) is 0 Å². The Hall–Kier alpha value is -2.30. The van der Waals surface area contributed by atoms with Crippen LogP contribution < -0.4 is 14.2 Å². The summed E-state index contributed by atoms with van der Waals surface area (Å²) in [5, 5.41) is 0. The molecule has 0 radical (unpaired) electrons. The first kappa shape index (κ1) is 12.2. The summed E-state index contributed by atoms with van der Waals surface area (Å²) in [6, 6.07) is 5.57. The monoisotopic (exact) mass is 246 g/mol. The van der Waals surface area contributed by atoms with Crippen LogP contribution in [0.25, 0.3) is 11.3 Å². The Bertz CT molecular complexity index is 544. The van der Waals surface area contributed by atoms with Gasteiger partial charge in [-0.3, -0.25) is 4.98 Å². The summed E-state index contributed by atoms with van der Waals surface area (Å²) in [6.45, 7) is 0. The minimum Gasteiger partial charge on any atom is -0.493 e. The van der Waals surface area contributed by atoms with E-state index in [-0.39, 0.29) is 0 Å². The van der Waals surface area contributed by atoms with E-state index in [1.165, 1.54) is 0 Å². The maximum atomic E-state index is 5.25. The van der Waals surface area contributed by atoms with Crippen molar-refractivity contribution >= 4 is 0 Å². The number of benzene rings is 1. The molecule has 0 atom stereocenters. The average Bonchev–Trinajstić information content (AvgIpc) is 2.46. The van der Waals surface area contributed by atoms with Gasteiger partial charge in [0.15, 0.2) is 11.5 Å². The number of hydrogen-bond donors (Lipinski definition) is 0. The zero-order chi connectivity index (χ0) is 13.0. The van der Waals surface area contributed by atoms with Gasteiger partial charge in [-0.1, -0.05) is 0 Å². The normalized spacial score (nSPS) is 9.94. The molecule has 0 aliphatic rings. The lowest BCUT2D eigenvalue weighted by Gasteiger charge is -2.09. The predicted molar refractivity (Wildman–Crippen MR) is 67.1 cm³/mol. The van der Waals surface area contributed by atoms with Crippen LogP contribution in [0, 0.1) is 0 Å². The molecule has 0 spiro atoms. The van der Waals surface area contributed by atoms with Crippen molar-refractivity contribution in [3.8, 4) is 28.6 Å². The van der Waals surface area contributed by atoms with Gasteiger partial charge in [-0.2, -0.15) is 0 Å². The highest BCUT2D eigenvalue weighted by Gasteiger charge is 2.08. The molecule has 1 heterocycles. The molecule has 1 aromatic carbocycles. The fraction of sp³-hybridized carbons (Fsp3) is 0.231. The van der Waals surface area contributed by atoms with E-state index >= 15 is 0 Å². The largest absolute Gasteiger partial charge is 0.493 e. The Kier molecular flexibility index (Phi) is 3.62. The molecule has 0 amide bonds. The van der Waals surface area contributed by atoms with Gasteiger partial charge in [0.25, 0.3) is 0 Å². The van der Waals surface area contributed by atoms with Gasteiger partial charge in [-0.25, -0.2) is 4.98 Å². The van der Waals surface area contributed by atoms with Crippen LogP contribution in [0.1, 0.15) is 0 Å². The Morgan fingerprint density at radius 1 is 0.889 bits per heavy atom. The van der Waals surface area contributed by atoms with Crippen LogP contribution in [0.15, 0.2) is 30.6 Å². The lowest BCUT2D eigenvalue weighted by Crippen LogP contribution is -1.94. The van der Waals surface area contributed by atoms with E-state index < -0.39 is 0 Å². The smallest absolute Gasteiger partial charge is 0.232 e. The van der Waals surface area contributed by atoms with Crippen LogP contribution in [0.3, 0.4) is 0 Å². The predicted octanol–water partition coefficient (Wildman–Crippen LogP) is 2.17. The van der Waals surface area contributed by atoms with Crippen LogP contribution in [0.2, 0.25) is 0 Å². The second-order valence-corrected chi connectivity index (χ2v) is 3.52. The van der Waals surface area contributed by atoms with Crippen LogP contribution in [0.4, 0.5) is 0 Å². The lowest BCUT2D eigenvalue weighted by atomic mass is 10.1. The third kappa shape index (κ3) is 2.34. The third-order valence-corrected chi connectivity index (χ3v) is 2.50. The second-order valence-electron chi connectivity index (χ2n) is 3.52. The summed E-state index contributed by atoms with van der Waals surface area (Å²) >= 11 is 0. The minimum atomic E-state index is 0.474. The van der Waals surface area contributed by atoms with E-state index in [4.69, 9.17) is 14.2 Å². The highest BCUT2D eigenvalue weighted by molar-refractivity contribution is 5.63. The molecule has 5 heteroatoms. The molecule has 0 bridgehead atoms. The Morgan fingerprint density at radius 3 is 2.33 bits per heavy atom. The molecular weight excluding hydrogens is 232 g/mol. The van der Waals surface area contributed by atoms with Crippen molar-refractivity contribution in [2.24, 2.45) is 0 Å². The summed E-state index contributed by atoms with van der Waals surface area (Å²) in [5.41, 5.74) is 1.61. The van der Waals surface area contributed by atoms with Gasteiger partial charge >= 0.3 is 0 Å². The molecule has 0 unspecified atom stereocenters. The minimum absolute atomic E-state index is 0.474. The molecule has 0 aliphatic heterocycles. The Labute approximate surface area is 105 Å². The maximum Gasteiger partial charge on any atom is 0.232 e. The molecule has 0 saturated heterocycles. The van der Waals surface area contributed by atoms with Gasteiger partial charge in [-0.05, 0) is 18.2 Å². The van der Waals surface area contributed by atoms with Crippen molar-refractivity contribution < 1.29 is 14.2 Å². The van der Waals surface area contributed by atoms with Gasteiger partial charge < -0.3 is 14.2 Å². The summed E-state index contributed by atoms with van der Waals surface area (Å²) in [4.78, 5) is 8.38. The second kappa shape index (κ2) is 5.35. The van der Waals surface area contributed by atoms with Crippen molar-refractivity contribution in [1.82, 2.24) is 9.97 Å². The molecule has 1 aromatic heterocycles. The Morgan fingerprint density at radius 2 is 1.67 bits per heavy atom. The first-order chi connectivity index (χ1) is 8.78. The van der Waals surface area contributed by atoms with E-state index in [0.717, 1.165) is 11.3 Å². The summed E-state index contributed by atoms with van der Waals surface area (Å²) in [5.74, 6) is 1.80. The average molecular weight is 246 g/mol. The molecular formula is C13H14N2O3. The first-order valence-electron chi connectivity index (χ1n) is 5.37. The van der Waals surface area contributed by atoms with Crippen LogP contribution in [0.5, 0.6) is 17.4 Å². The number of nitrogens with zero attached hydrogens (tertiary/aromatic N) is 2. The first-order valence-corrected chi connectivity index (χ1v) is 5.37. The number of methoxy groups -OCH3 is 3. The summed E-state index contributed by atoms with van der Waals surface area (Å²) < 4.78 is 15.5. The fourth-order valence-electron chi connectivity index (χ4n) is 1.58. The van der Waals surface area contributed by atoms with Gasteiger partial charge in [0.2, 0.25) is 5.88 Å². The zero-order valence-electron chi connectivity index (χ0n) is 10.5. The van der Waals surface area contributed by atoms with Gasteiger partial charge in [0.05, 0.1) is 39.4 Å². The van der Waals surface area contributed by atoms with Crippen molar-refractivity contribution in [3.63, 3.8) is 0 Å². The summed E-state index contributed by atoms with van der Waals surface area (Å²) in [7, 11) is 4.75. The number of hydrogen-bond acceptors (Lipinski definition) is 5. The standard InChI is InChI=1S/C13H14N2O3/c1-16-11-5-4-9(6-12(11)17-2)10-7-14-8-13(15-10)18-3/h4-8H,1-3H3. The van der Waals surface area contributed by atoms with E-state index in [1.807, 2.05) is 18.2 Å². The van der Waals surface area contributed by atoms with Crippen molar-refractivity contribution in [2.75, 3.05) is 21.3 Å². The van der Waals surface area contributed by atoms with E-state index in [0.29, 0.717) is 17.4 Å². The van der Waals surface area contributed by atoms with Crippen molar-refractivity contribution in [1.29, 1.82) is 0 Å². The number of aromatic nitrogens is 2. The maximum absolute atomic E-state index is 5.25. The quantitative estimate of drug-likeness (QED) is 0.827. The number of ether oxygens (including phenoxy) is 3. The van der Waals surface area contributed by atoms with E-state index in [9.17, 15) is 0 Å². The van der Waals surface area contributed by atoms with Crippen molar-refractivity contribution in [3.05, 3.63) is 30.6 Å². The van der Waals surface area contributed by atoms with Crippen LogP contribution in [-0.2, 0) is 0 Å². The van der Waals surface area contributed by atoms with Gasteiger partial charge in [-0.15, -0.1) is 0 Å². The van der Waals surface area contributed by atoms with E-state index in [1.54, 1.807) is 33.7 Å².